The van der Waals surface area contributed by atoms with Crippen LogP contribution >= 0.6 is 0 Å². The van der Waals surface area contributed by atoms with Crippen molar-refractivity contribution in [2.45, 2.75) is 38.8 Å². The van der Waals surface area contributed by atoms with E-state index in [0.717, 1.165) is 6.54 Å². The molecule has 1 atom stereocenters. The quantitative estimate of drug-likeness (QED) is 0.767. The SMILES string of the molecule is CC(Cn1nnnc1N)N1CCCCC1. The van der Waals surface area contributed by atoms with E-state index in [1.165, 1.54) is 32.4 Å². The molecule has 15 heavy (non-hydrogen) atoms. The van der Waals surface area contributed by atoms with Gasteiger partial charge in [-0.1, -0.05) is 11.5 Å². The summed E-state index contributed by atoms with van der Waals surface area (Å²) in [5, 5.41) is 11.1. The molecule has 84 valence electrons. The summed E-state index contributed by atoms with van der Waals surface area (Å²) in [4.78, 5) is 2.48. The molecule has 1 aromatic heterocycles. The van der Waals surface area contributed by atoms with Crippen molar-refractivity contribution in [2.75, 3.05) is 18.8 Å². The maximum atomic E-state index is 5.63. The number of hydrogen-bond donors (Lipinski definition) is 1. The summed E-state index contributed by atoms with van der Waals surface area (Å²) < 4.78 is 1.67. The second-order valence-corrected chi connectivity index (χ2v) is 4.16. The van der Waals surface area contributed by atoms with Crippen molar-refractivity contribution in [1.29, 1.82) is 0 Å². The predicted molar refractivity (Wildman–Crippen MR) is 57.1 cm³/mol. The normalized spacial score (nSPS) is 20.3. The van der Waals surface area contributed by atoms with E-state index in [4.69, 9.17) is 5.73 Å². The van der Waals surface area contributed by atoms with E-state index in [2.05, 4.69) is 27.3 Å². The third-order valence-corrected chi connectivity index (χ3v) is 3.01. The van der Waals surface area contributed by atoms with Gasteiger partial charge in [0.1, 0.15) is 0 Å². The summed E-state index contributed by atoms with van der Waals surface area (Å²) in [6, 6.07) is 0.455. The van der Waals surface area contributed by atoms with Crippen molar-refractivity contribution in [1.82, 2.24) is 25.1 Å². The van der Waals surface area contributed by atoms with Crippen LogP contribution in [0.2, 0.25) is 0 Å². The molecule has 1 unspecified atom stereocenters. The Morgan fingerprint density at radius 3 is 2.67 bits per heavy atom. The molecule has 1 saturated heterocycles. The number of likely N-dealkylation sites (tertiary alicyclic amines) is 1. The Morgan fingerprint density at radius 1 is 1.33 bits per heavy atom. The Balaban J connectivity index is 1.91. The molecule has 2 heterocycles. The molecule has 2 N–H and O–H groups in total. The number of nitrogens with two attached hydrogens (primary N) is 1. The highest BCUT2D eigenvalue weighted by molar-refractivity contribution is 5.10. The van der Waals surface area contributed by atoms with Gasteiger partial charge in [0.25, 0.3) is 0 Å². The van der Waals surface area contributed by atoms with E-state index < -0.39 is 0 Å². The summed E-state index contributed by atoms with van der Waals surface area (Å²) in [5.74, 6) is 0.402. The van der Waals surface area contributed by atoms with Crippen molar-refractivity contribution in [3.63, 3.8) is 0 Å². The van der Waals surface area contributed by atoms with Crippen LogP contribution in [0.1, 0.15) is 26.2 Å². The van der Waals surface area contributed by atoms with Crippen LogP contribution in [0.3, 0.4) is 0 Å². The average molecular weight is 210 g/mol. The lowest BCUT2D eigenvalue weighted by atomic mass is 10.1. The van der Waals surface area contributed by atoms with Gasteiger partial charge < -0.3 is 5.73 Å². The molecule has 6 heteroatoms. The summed E-state index contributed by atoms with van der Waals surface area (Å²) in [7, 11) is 0. The second-order valence-electron chi connectivity index (χ2n) is 4.16. The van der Waals surface area contributed by atoms with Gasteiger partial charge in [-0.15, -0.1) is 0 Å². The highest BCUT2D eigenvalue weighted by atomic mass is 15.6. The van der Waals surface area contributed by atoms with Crippen LogP contribution in [-0.2, 0) is 6.54 Å². The lowest BCUT2D eigenvalue weighted by Crippen LogP contribution is -2.40. The standard InChI is InChI=1S/C9H18N6/c1-8(14-5-3-2-4-6-14)7-15-9(10)11-12-13-15/h8H,2-7H2,1H3,(H2,10,11,13). The molecule has 0 saturated carbocycles. The number of tetrazole rings is 1. The van der Waals surface area contributed by atoms with Gasteiger partial charge in [-0.25, -0.2) is 4.68 Å². The zero-order valence-corrected chi connectivity index (χ0v) is 9.13. The highest BCUT2D eigenvalue weighted by Gasteiger charge is 2.18. The molecule has 0 amide bonds. The lowest BCUT2D eigenvalue weighted by Gasteiger charge is -2.32. The number of anilines is 1. The molecular weight excluding hydrogens is 192 g/mol. The fourth-order valence-corrected chi connectivity index (χ4v) is 2.07. The average Bonchev–Trinajstić information content (AvgIpc) is 2.66. The van der Waals surface area contributed by atoms with Crippen LogP contribution in [-0.4, -0.2) is 44.2 Å². The maximum Gasteiger partial charge on any atom is 0.240 e. The molecular formula is C9H18N6. The Kier molecular flexibility index (Phi) is 3.15. The van der Waals surface area contributed by atoms with Gasteiger partial charge in [-0.2, -0.15) is 0 Å². The van der Waals surface area contributed by atoms with Crippen LogP contribution < -0.4 is 5.73 Å². The van der Waals surface area contributed by atoms with E-state index >= 15 is 0 Å². The molecule has 1 aliphatic heterocycles. The molecule has 2 rings (SSSR count). The van der Waals surface area contributed by atoms with Crippen molar-refractivity contribution >= 4 is 5.95 Å². The largest absolute Gasteiger partial charge is 0.367 e. The van der Waals surface area contributed by atoms with Crippen molar-refractivity contribution < 1.29 is 0 Å². The zero-order chi connectivity index (χ0) is 10.7. The van der Waals surface area contributed by atoms with E-state index in [-0.39, 0.29) is 0 Å². The van der Waals surface area contributed by atoms with Crippen molar-refractivity contribution in [3.8, 4) is 0 Å². The van der Waals surface area contributed by atoms with Gasteiger partial charge >= 0.3 is 0 Å². The first-order valence-corrected chi connectivity index (χ1v) is 5.53. The number of piperidine rings is 1. The molecule has 1 aliphatic rings. The first-order chi connectivity index (χ1) is 7.27. The number of nitrogen functional groups attached to an aromatic ring is 1. The van der Waals surface area contributed by atoms with Gasteiger partial charge in [-0.05, 0) is 43.3 Å². The lowest BCUT2D eigenvalue weighted by molar-refractivity contribution is 0.156. The predicted octanol–water partition coefficient (Wildman–Crippen LogP) is 0.130. The zero-order valence-electron chi connectivity index (χ0n) is 9.13. The van der Waals surface area contributed by atoms with Gasteiger partial charge in [0.15, 0.2) is 0 Å². The van der Waals surface area contributed by atoms with Gasteiger partial charge in [0.05, 0.1) is 6.54 Å². The summed E-state index contributed by atoms with van der Waals surface area (Å²) >= 11 is 0. The summed E-state index contributed by atoms with van der Waals surface area (Å²) in [5.41, 5.74) is 5.63. The van der Waals surface area contributed by atoms with Crippen molar-refractivity contribution in [3.05, 3.63) is 0 Å². The minimum atomic E-state index is 0.402. The topological polar surface area (TPSA) is 72.9 Å². The van der Waals surface area contributed by atoms with Crippen LogP contribution in [0, 0.1) is 0 Å². The Hall–Kier alpha value is -1.17. The molecule has 0 radical (unpaired) electrons. The van der Waals surface area contributed by atoms with Crippen LogP contribution in [0.4, 0.5) is 5.95 Å². The number of hydrogen-bond acceptors (Lipinski definition) is 5. The van der Waals surface area contributed by atoms with Crippen LogP contribution in [0.25, 0.3) is 0 Å². The fourth-order valence-electron chi connectivity index (χ4n) is 2.07. The Bertz CT molecular complexity index is 303. The molecule has 0 bridgehead atoms. The number of aromatic nitrogens is 4. The second kappa shape index (κ2) is 4.57. The van der Waals surface area contributed by atoms with Crippen LogP contribution in [0.15, 0.2) is 0 Å². The van der Waals surface area contributed by atoms with E-state index in [1.54, 1.807) is 4.68 Å². The molecule has 1 fully saturated rings. The number of rotatable bonds is 3. The monoisotopic (exact) mass is 210 g/mol. The van der Waals surface area contributed by atoms with Gasteiger partial charge in [0.2, 0.25) is 5.95 Å². The smallest absolute Gasteiger partial charge is 0.240 e. The maximum absolute atomic E-state index is 5.63. The first kappa shape index (κ1) is 10.4. The summed E-state index contributed by atoms with van der Waals surface area (Å²) in [6.45, 7) is 5.34. The molecule has 6 nitrogen and oxygen atoms in total. The van der Waals surface area contributed by atoms with Crippen molar-refractivity contribution in [2.24, 2.45) is 0 Å². The van der Waals surface area contributed by atoms with Gasteiger partial charge in [0, 0.05) is 6.04 Å². The van der Waals surface area contributed by atoms with E-state index in [0.29, 0.717) is 12.0 Å². The highest BCUT2D eigenvalue weighted by Crippen LogP contribution is 2.13. The Morgan fingerprint density at radius 2 is 2.07 bits per heavy atom. The third kappa shape index (κ3) is 2.44. The van der Waals surface area contributed by atoms with E-state index in [1.807, 2.05) is 0 Å². The first-order valence-electron chi connectivity index (χ1n) is 5.53. The third-order valence-electron chi connectivity index (χ3n) is 3.01. The molecule has 0 aliphatic carbocycles. The molecule has 0 aromatic carbocycles. The summed E-state index contributed by atoms with van der Waals surface area (Å²) in [6.07, 6.45) is 3.96. The minimum absolute atomic E-state index is 0.402. The number of nitrogens with zero attached hydrogens (tertiary/aromatic N) is 5. The molecule has 0 spiro atoms. The van der Waals surface area contributed by atoms with Gasteiger partial charge in [-0.3, -0.25) is 4.90 Å². The fraction of sp³-hybridized carbons (Fsp3) is 0.889. The van der Waals surface area contributed by atoms with E-state index in [9.17, 15) is 0 Å². The van der Waals surface area contributed by atoms with Crippen LogP contribution in [0.5, 0.6) is 0 Å². The minimum Gasteiger partial charge on any atom is -0.367 e. The molecule has 1 aromatic rings. The Labute approximate surface area is 89.4 Å².